The molecule has 1 aliphatic heterocycles. The van der Waals surface area contributed by atoms with Crippen molar-refractivity contribution in [2.24, 2.45) is 5.73 Å². The number of carbonyl (C=O) groups is 1. The number of hydrogen-bond acceptors (Lipinski definition) is 5. The first-order valence-corrected chi connectivity index (χ1v) is 9.92. The van der Waals surface area contributed by atoms with Crippen molar-refractivity contribution in [2.75, 3.05) is 18.1 Å². The van der Waals surface area contributed by atoms with Crippen molar-refractivity contribution >= 4 is 46.2 Å². The van der Waals surface area contributed by atoms with Crippen molar-refractivity contribution in [3.8, 4) is 0 Å². The van der Waals surface area contributed by atoms with Crippen LogP contribution in [0.4, 0.5) is 10.1 Å². The van der Waals surface area contributed by atoms with Crippen LogP contribution in [0.2, 0.25) is 5.02 Å². The van der Waals surface area contributed by atoms with Gasteiger partial charge in [0.25, 0.3) is 0 Å². The maximum atomic E-state index is 13.5. The van der Waals surface area contributed by atoms with Crippen molar-refractivity contribution in [1.29, 1.82) is 0 Å². The molecule has 8 heteroatoms. The van der Waals surface area contributed by atoms with Gasteiger partial charge in [-0.3, -0.25) is 4.79 Å². The number of hydrogen-bond donors (Lipinski definition) is 1. The lowest BCUT2D eigenvalue weighted by molar-refractivity contribution is -0.143. The van der Waals surface area contributed by atoms with Crippen LogP contribution < -0.4 is 10.6 Å². The largest absolute Gasteiger partial charge is 0.466 e. The van der Waals surface area contributed by atoms with Crippen molar-refractivity contribution in [2.45, 2.75) is 19.5 Å². The van der Waals surface area contributed by atoms with Crippen LogP contribution in [0, 0.1) is 5.82 Å². The minimum Gasteiger partial charge on any atom is -0.466 e. The molecule has 0 saturated carbocycles. The Kier molecular flexibility index (Phi) is 6.71. The zero-order valence-electron chi connectivity index (χ0n) is 15.8. The molecular weight excluding hydrogens is 413 g/mol. The molecule has 2 aromatic carbocycles. The van der Waals surface area contributed by atoms with Crippen LogP contribution in [0.25, 0.3) is 5.70 Å². The number of carbonyl (C=O) groups excluding carboxylic acids is 1. The molecule has 0 aromatic heterocycles. The Hall–Kier alpha value is -2.64. The molecular formula is C21H21ClFN3O2S. The van der Waals surface area contributed by atoms with Gasteiger partial charge >= 0.3 is 5.97 Å². The highest BCUT2D eigenvalue weighted by Crippen LogP contribution is 2.36. The van der Waals surface area contributed by atoms with Crippen molar-refractivity contribution in [3.05, 3.63) is 71.1 Å². The van der Waals surface area contributed by atoms with Gasteiger partial charge in [0.1, 0.15) is 10.8 Å². The number of ether oxygens (including phenoxy) is 1. The Morgan fingerprint density at radius 1 is 1.21 bits per heavy atom. The minimum absolute atomic E-state index is 0.189. The highest BCUT2D eigenvalue weighted by atomic mass is 35.5. The Balaban J connectivity index is 2.00. The minimum atomic E-state index is -0.486. The second kappa shape index (κ2) is 9.24. The average Bonchev–Trinajstić information content (AvgIpc) is 3.07. The van der Waals surface area contributed by atoms with Gasteiger partial charge in [0.05, 0.1) is 18.7 Å². The molecule has 0 spiro atoms. The van der Waals surface area contributed by atoms with Gasteiger partial charge in [-0.05, 0) is 61.0 Å². The Morgan fingerprint density at radius 2 is 1.86 bits per heavy atom. The SMILES string of the molecule is CCOC(=O)CCN1C=C(c2ccc(F)cc2)N(c2ccc(Cl)cc2)C1C(N)=S. The number of nitrogens with two attached hydrogens (primary N) is 1. The van der Waals surface area contributed by atoms with Gasteiger partial charge in [-0.25, -0.2) is 4.39 Å². The van der Waals surface area contributed by atoms with E-state index in [1.54, 1.807) is 31.2 Å². The summed E-state index contributed by atoms with van der Waals surface area (Å²) in [6.45, 7) is 2.46. The van der Waals surface area contributed by atoms with E-state index in [0.717, 1.165) is 16.9 Å². The van der Waals surface area contributed by atoms with Gasteiger partial charge in [-0.1, -0.05) is 23.8 Å². The van der Waals surface area contributed by atoms with Gasteiger partial charge in [-0.15, -0.1) is 0 Å². The molecule has 2 N–H and O–H groups in total. The first-order chi connectivity index (χ1) is 13.9. The fourth-order valence-corrected chi connectivity index (χ4v) is 3.58. The fraction of sp³-hybridized carbons (Fsp3) is 0.238. The number of anilines is 1. The smallest absolute Gasteiger partial charge is 0.307 e. The van der Waals surface area contributed by atoms with E-state index in [4.69, 9.17) is 34.3 Å². The van der Waals surface area contributed by atoms with E-state index in [0.29, 0.717) is 18.2 Å². The highest BCUT2D eigenvalue weighted by molar-refractivity contribution is 7.80. The summed E-state index contributed by atoms with van der Waals surface area (Å²) in [6, 6.07) is 13.4. The molecule has 1 unspecified atom stereocenters. The molecule has 152 valence electrons. The number of benzene rings is 2. The second-order valence-electron chi connectivity index (χ2n) is 6.44. The predicted octanol–water partition coefficient (Wildman–Crippen LogP) is 4.17. The molecule has 5 nitrogen and oxygen atoms in total. The first-order valence-electron chi connectivity index (χ1n) is 9.14. The number of esters is 1. The zero-order chi connectivity index (χ0) is 21.0. The van der Waals surface area contributed by atoms with E-state index in [1.165, 1.54) is 12.1 Å². The lowest BCUT2D eigenvalue weighted by Crippen LogP contribution is -2.48. The summed E-state index contributed by atoms with van der Waals surface area (Å²) < 4.78 is 18.5. The van der Waals surface area contributed by atoms with E-state index in [-0.39, 0.29) is 23.2 Å². The molecule has 2 aromatic rings. The predicted molar refractivity (Wildman–Crippen MR) is 117 cm³/mol. The highest BCUT2D eigenvalue weighted by Gasteiger charge is 2.36. The summed E-state index contributed by atoms with van der Waals surface area (Å²) >= 11 is 11.4. The first kappa shape index (κ1) is 21.1. The van der Waals surface area contributed by atoms with E-state index < -0.39 is 6.17 Å². The van der Waals surface area contributed by atoms with Crippen LogP contribution in [0.5, 0.6) is 0 Å². The summed E-state index contributed by atoms with van der Waals surface area (Å²) in [5.74, 6) is -0.619. The van der Waals surface area contributed by atoms with E-state index in [2.05, 4.69) is 0 Å². The molecule has 1 atom stereocenters. The van der Waals surface area contributed by atoms with Crippen LogP contribution in [0.1, 0.15) is 18.9 Å². The summed E-state index contributed by atoms with van der Waals surface area (Å²) in [5, 5.41) is 0.603. The third-order valence-corrected chi connectivity index (χ3v) is 4.95. The molecule has 1 aliphatic rings. The molecule has 0 aliphatic carbocycles. The molecule has 0 amide bonds. The molecule has 0 bridgehead atoms. The molecule has 3 rings (SSSR count). The normalized spacial score (nSPS) is 16.0. The van der Waals surface area contributed by atoms with Crippen LogP contribution in [-0.4, -0.2) is 35.2 Å². The summed E-state index contributed by atoms with van der Waals surface area (Å²) in [5.41, 5.74) is 8.49. The Bertz CT molecular complexity index is 919. The Morgan fingerprint density at radius 3 is 2.45 bits per heavy atom. The van der Waals surface area contributed by atoms with Crippen LogP contribution in [0.3, 0.4) is 0 Å². The summed E-state index contributed by atoms with van der Waals surface area (Å²) in [6.07, 6.45) is 1.58. The fourth-order valence-electron chi connectivity index (χ4n) is 3.22. The topological polar surface area (TPSA) is 58.8 Å². The second-order valence-corrected chi connectivity index (χ2v) is 7.34. The average molecular weight is 434 g/mol. The van der Waals surface area contributed by atoms with E-state index >= 15 is 0 Å². The number of halogens is 2. The van der Waals surface area contributed by atoms with Crippen LogP contribution in [-0.2, 0) is 9.53 Å². The van der Waals surface area contributed by atoms with Gasteiger partial charge in [0.2, 0.25) is 0 Å². The number of rotatable bonds is 7. The quantitative estimate of drug-likeness (QED) is 0.522. The van der Waals surface area contributed by atoms with Crippen LogP contribution in [0.15, 0.2) is 54.7 Å². The van der Waals surface area contributed by atoms with Crippen LogP contribution >= 0.6 is 23.8 Å². The molecule has 0 fully saturated rings. The van der Waals surface area contributed by atoms with Gasteiger partial charge in [0.15, 0.2) is 6.17 Å². The molecule has 0 radical (unpaired) electrons. The Labute approximate surface area is 179 Å². The van der Waals surface area contributed by atoms with Crippen molar-refractivity contribution in [1.82, 2.24) is 4.90 Å². The molecule has 1 heterocycles. The number of thiocarbonyl (C=S) groups is 1. The third kappa shape index (κ3) is 4.86. The number of nitrogens with zero attached hydrogens (tertiary/aromatic N) is 2. The zero-order valence-corrected chi connectivity index (χ0v) is 17.4. The monoisotopic (exact) mass is 433 g/mol. The van der Waals surface area contributed by atoms with Gasteiger partial charge < -0.3 is 20.3 Å². The third-order valence-electron chi connectivity index (χ3n) is 4.49. The van der Waals surface area contributed by atoms with Crippen molar-refractivity contribution < 1.29 is 13.9 Å². The van der Waals surface area contributed by atoms with Crippen molar-refractivity contribution in [3.63, 3.8) is 0 Å². The lowest BCUT2D eigenvalue weighted by Gasteiger charge is -2.33. The van der Waals surface area contributed by atoms with Gasteiger partial charge in [0, 0.05) is 23.5 Å². The van der Waals surface area contributed by atoms with E-state index in [1.807, 2.05) is 28.1 Å². The summed E-state index contributed by atoms with van der Waals surface area (Å²) in [4.78, 5) is 15.9. The molecule has 0 saturated heterocycles. The maximum absolute atomic E-state index is 13.5. The maximum Gasteiger partial charge on any atom is 0.307 e. The molecule has 29 heavy (non-hydrogen) atoms. The van der Waals surface area contributed by atoms with E-state index in [9.17, 15) is 9.18 Å². The summed E-state index contributed by atoms with van der Waals surface area (Å²) in [7, 11) is 0. The van der Waals surface area contributed by atoms with Gasteiger partial charge in [-0.2, -0.15) is 0 Å². The standard InChI is InChI=1S/C21H21ClFN3O2S/c1-2-28-19(27)11-12-25-13-18(14-3-7-16(23)8-4-14)26(21(25)20(24)29)17-9-5-15(22)6-10-17/h3-10,13,21H,2,11-12H2,1H3,(H2,24,29). The lowest BCUT2D eigenvalue weighted by atomic mass is 10.1.